The highest BCUT2D eigenvalue weighted by Gasteiger charge is 2.50. The normalized spacial score (nSPS) is 17.4. The minimum Gasteiger partial charge on any atom is -0.452 e. The first-order valence-electron chi connectivity index (χ1n) is 20.3. The largest absolute Gasteiger partial charge is 0.452 e. The monoisotopic (exact) mass is 738 g/mol. The Hall–Kier alpha value is -5.54. The van der Waals surface area contributed by atoms with E-state index in [1.807, 2.05) is 12.2 Å². The van der Waals surface area contributed by atoms with Crippen LogP contribution in [0.3, 0.4) is 0 Å². The van der Waals surface area contributed by atoms with Gasteiger partial charge < -0.3 is 15.1 Å². The van der Waals surface area contributed by atoms with Gasteiger partial charge in [-0.3, -0.25) is 0 Å². The molecule has 2 N–H and O–H groups in total. The Morgan fingerprint density at radius 2 is 1.61 bits per heavy atom. The molecule has 0 saturated carbocycles. The van der Waals surface area contributed by atoms with Crippen molar-refractivity contribution in [3.8, 4) is 0 Å². The third-order valence-electron chi connectivity index (χ3n) is 11.9. The molecule has 0 radical (unpaired) electrons. The van der Waals surface area contributed by atoms with E-state index in [4.69, 9.17) is 11.0 Å². The fourth-order valence-corrected chi connectivity index (χ4v) is 8.52. The van der Waals surface area contributed by atoms with Gasteiger partial charge in [-0.25, -0.2) is 0 Å². The number of furan rings is 1. The third-order valence-corrected chi connectivity index (χ3v) is 11.9. The molecular formula is C53H58N2O. The first-order valence-corrected chi connectivity index (χ1v) is 20.3. The van der Waals surface area contributed by atoms with Gasteiger partial charge in [-0.05, 0) is 119 Å². The number of hydrogen-bond acceptors (Lipinski definition) is 3. The number of anilines is 3. The molecule has 1 unspecified atom stereocenters. The van der Waals surface area contributed by atoms with Crippen molar-refractivity contribution in [3.05, 3.63) is 179 Å². The van der Waals surface area contributed by atoms with E-state index in [0.717, 1.165) is 63.1 Å². The quantitative estimate of drug-likeness (QED) is 0.133. The number of rotatable bonds is 11. The second kappa shape index (κ2) is 15.2. The molecule has 286 valence electrons. The lowest BCUT2D eigenvalue weighted by Gasteiger charge is -2.38. The lowest BCUT2D eigenvalue weighted by molar-refractivity contribution is 0.504. The van der Waals surface area contributed by atoms with Gasteiger partial charge >= 0.3 is 0 Å². The van der Waals surface area contributed by atoms with E-state index in [-0.39, 0.29) is 5.41 Å². The maximum absolute atomic E-state index is 7.14. The van der Waals surface area contributed by atoms with Crippen LogP contribution in [-0.4, -0.2) is 0 Å². The molecule has 2 aliphatic rings. The predicted octanol–water partition coefficient (Wildman–Crippen LogP) is 15.6. The molecule has 56 heavy (non-hydrogen) atoms. The standard InChI is InChI=1S/C53H58N2O/c1-12-13-19-36(7)53(43-23-16-14-20-40(43)34(4)5)44-24-17-15-21-41(44)48-45(53)32-47(54-37(8)27-26-35(6)52(9,10)11)51-49(48)42-22-18-25-46(50(42)56-51)55-39-30-28-38(29-31-39)33(2)3/h12-14,16-20,22-34,54-55H,1,7,15,21H2,2-6,8-11H3/b19-13-,35-26+,37-27+. The number of hydrogen-bond donors (Lipinski definition) is 2. The van der Waals surface area contributed by atoms with Gasteiger partial charge in [0.25, 0.3) is 0 Å². The van der Waals surface area contributed by atoms with Crippen molar-refractivity contribution >= 4 is 44.6 Å². The Morgan fingerprint density at radius 1 is 0.857 bits per heavy atom. The zero-order valence-electron chi connectivity index (χ0n) is 34.9. The summed E-state index contributed by atoms with van der Waals surface area (Å²) < 4.78 is 7.14. The molecular weight excluding hydrogens is 681 g/mol. The molecule has 0 fully saturated rings. The molecule has 0 bridgehead atoms. The van der Waals surface area contributed by atoms with Crippen molar-refractivity contribution < 1.29 is 4.42 Å². The fraction of sp³-hybridized carbons (Fsp3) is 0.283. The van der Waals surface area contributed by atoms with Gasteiger partial charge in [0.2, 0.25) is 0 Å². The van der Waals surface area contributed by atoms with E-state index in [2.05, 4.69) is 183 Å². The van der Waals surface area contributed by atoms with E-state index in [0.29, 0.717) is 11.8 Å². The maximum atomic E-state index is 7.14. The van der Waals surface area contributed by atoms with Gasteiger partial charge in [0.15, 0.2) is 11.2 Å². The van der Waals surface area contributed by atoms with Gasteiger partial charge in [-0.2, -0.15) is 0 Å². The highest BCUT2D eigenvalue weighted by atomic mass is 16.3. The van der Waals surface area contributed by atoms with Gasteiger partial charge in [0.1, 0.15) is 0 Å². The van der Waals surface area contributed by atoms with Crippen LogP contribution in [0.1, 0.15) is 115 Å². The molecule has 0 spiro atoms. The van der Waals surface area contributed by atoms with Crippen LogP contribution in [0.2, 0.25) is 0 Å². The lowest BCUT2D eigenvalue weighted by atomic mass is 9.64. The fourth-order valence-electron chi connectivity index (χ4n) is 8.52. The summed E-state index contributed by atoms with van der Waals surface area (Å²) in [6.45, 7) is 29.1. The van der Waals surface area contributed by atoms with Crippen LogP contribution in [-0.2, 0) is 5.41 Å². The van der Waals surface area contributed by atoms with Crippen molar-refractivity contribution in [2.75, 3.05) is 10.6 Å². The zero-order valence-corrected chi connectivity index (χ0v) is 34.9. The van der Waals surface area contributed by atoms with Crippen molar-refractivity contribution in [2.24, 2.45) is 5.41 Å². The molecule has 1 aromatic heterocycles. The van der Waals surface area contributed by atoms with Crippen molar-refractivity contribution in [3.63, 3.8) is 0 Å². The first kappa shape index (κ1) is 38.7. The van der Waals surface area contributed by atoms with Crippen LogP contribution in [0.5, 0.6) is 0 Å². The minimum absolute atomic E-state index is 0.0792. The second-order valence-electron chi connectivity index (χ2n) is 17.3. The Morgan fingerprint density at radius 3 is 2.30 bits per heavy atom. The Balaban J connectivity index is 1.57. The summed E-state index contributed by atoms with van der Waals surface area (Å²) in [4.78, 5) is 0. The van der Waals surface area contributed by atoms with Crippen molar-refractivity contribution in [2.45, 2.75) is 92.4 Å². The van der Waals surface area contributed by atoms with Crippen LogP contribution < -0.4 is 10.6 Å². The lowest BCUT2D eigenvalue weighted by Crippen LogP contribution is -2.31. The predicted molar refractivity (Wildman–Crippen MR) is 243 cm³/mol. The summed E-state index contributed by atoms with van der Waals surface area (Å²) in [5.41, 5.74) is 16.5. The molecule has 7 rings (SSSR count). The highest BCUT2D eigenvalue weighted by molar-refractivity contribution is 6.19. The van der Waals surface area contributed by atoms with Gasteiger partial charge in [0.05, 0.1) is 16.8 Å². The molecule has 2 aliphatic carbocycles. The average Bonchev–Trinajstić information content (AvgIpc) is 3.71. The SMILES string of the molecule is C=C/C=C\C(=C)C1(c2ccccc2C(C)C)C2=C(CCC=C2)c2c1cc(N/C(C)=C/C=C(\C)C(C)(C)C)c1oc3c(Nc4ccc(C(C)C)cc4)cccc3c21. The Labute approximate surface area is 335 Å². The van der Waals surface area contributed by atoms with Crippen LogP contribution in [0.4, 0.5) is 17.1 Å². The van der Waals surface area contributed by atoms with Gasteiger partial charge in [-0.1, -0.05) is 152 Å². The summed E-state index contributed by atoms with van der Waals surface area (Å²) in [6, 6.07) is 26.6. The van der Waals surface area contributed by atoms with E-state index in [1.54, 1.807) is 0 Å². The van der Waals surface area contributed by atoms with Crippen molar-refractivity contribution in [1.82, 2.24) is 0 Å². The minimum atomic E-state index is -0.634. The van der Waals surface area contributed by atoms with Crippen LogP contribution in [0.15, 0.2) is 155 Å². The van der Waals surface area contributed by atoms with E-state index >= 15 is 0 Å². The molecule has 4 aromatic carbocycles. The van der Waals surface area contributed by atoms with Crippen LogP contribution in [0, 0.1) is 5.41 Å². The maximum Gasteiger partial charge on any atom is 0.159 e. The molecule has 3 heteroatoms. The molecule has 5 aromatic rings. The van der Waals surface area contributed by atoms with Crippen LogP contribution in [0.25, 0.3) is 27.5 Å². The third kappa shape index (κ3) is 6.72. The number of benzene rings is 4. The number of para-hydroxylation sites is 1. The summed E-state index contributed by atoms with van der Waals surface area (Å²) in [5.74, 6) is 0.778. The van der Waals surface area contributed by atoms with Gasteiger partial charge in [-0.15, -0.1) is 0 Å². The van der Waals surface area contributed by atoms with E-state index in [9.17, 15) is 0 Å². The molecule has 1 atom stereocenters. The highest BCUT2D eigenvalue weighted by Crippen LogP contribution is 2.61. The average molecular weight is 739 g/mol. The summed E-state index contributed by atoms with van der Waals surface area (Å²) in [5, 5.41) is 9.81. The molecule has 3 nitrogen and oxygen atoms in total. The van der Waals surface area contributed by atoms with Crippen molar-refractivity contribution in [1.29, 1.82) is 0 Å². The summed E-state index contributed by atoms with van der Waals surface area (Å²) in [6.07, 6.45) is 17.1. The number of allylic oxidation sites excluding steroid dienone is 12. The molecule has 1 heterocycles. The zero-order chi connectivity index (χ0) is 39.9. The van der Waals surface area contributed by atoms with E-state index in [1.165, 1.54) is 44.5 Å². The summed E-state index contributed by atoms with van der Waals surface area (Å²) in [7, 11) is 0. The number of fused-ring (bicyclic) bond motifs is 6. The van der Waals surface area contributed by atoms with Crippen LogP contribution >= 0.6 is 0 Å². The Kier molecular flexibility index (Phi) is 10.5. The smallest absolute Gasteiger partial charge is 0.159 e. The topological polar surface area (TPSA) is 37.2 Å². The van der Waals surface area contributed by atoms with Gasteiger partial charge in [0, 0.05) is 22.2 Å². The molecule has 0 saturated heterocycles. The number of nitrogens with one attached hydrogen (secondary N) is 2. The Bertz CT molecular complexity index is 2500. The summed E-state index contributed by atoms with van der Waals surface area (Å²) >= 11 is 0. The van der Waals surface area contributed by atoms with E-state index < -0.39 is 5.41 Å². The molecule has 0 aliphatic heterocycles. The molecule has 0 amide bonds. The first-order chi connectivity index (χ1) is 26.8. The second-order valence-corrected chi connectivity index (χ2v) is 17.3.